The number of benzene rings is 1. The molecule has 0 saturated heterocycles. The summed E-state index contributed by atoms with van der Waals surface area (Å²) >= 11 is -0.556. The van der Waals surface area contributed by atoms with E-state index in [2.05, 4.69) is 42.5 Å². The van der Waals surface area contributed by atoms with E-state index in [-0.39, 0.29) is 0 Å². The Morgan fingerprint density at radius 1 is 1.19 bits per heavy atom. The molecule has 0 unspecified atom stereocenters. The third kappa shape index (κ3) is 8.58. The van der Waals surface area contributed by atoms with Crippen LogP contribution in [0.2, 0.25) is 0 Å². The molecule has 16 heavy (non-hydrogen) atoms. The summed E-state index contributed by atoms with van der Waals surface area (Å²) in [6.45, 7) is 3.57. The van der Waals surface area contributed by atoms with Crippen molar-refractivity contribution in [2.45, 2.75) is 0 Å². The number of halogens is 2. The van der Waals surface area contributed by atoms with E-state index in [1.165, 1.54) is 10.8 Å². The number of hydrogen-bond donors (Lipinski definition) is 1. The molecular weight excluding hydrogens is 442 g/mol. The SMILES string of the molecule is CP(C)O.[Cl][Ir+][Cl].c1ccc2[cH-]ccc2c1. The zero-order chi connectivity index (χ0) is 12.4. The normalized spacial score (nSPS) is 9.38. The van der Waals surface area contributed by atoms with Crippen LogP contribution >= 0.6 is 27.3 Å². The minimum atomic E-state index is -0.620. The van der Waals surface area contributed by atoms with Crippen LogP contribution in [-0.2, 0) is 15.7 Å². The molecule has 5 heteroatoms. The van der Waals surface area contributed by atoms with Crippen molar-refractivity contribution in [2.75, 3.05) is 13.3 Å². The van der Waals surface area contributed by atoms with Gasteiger partial charge in [-0.1, -0.05) is 6.07 Å². The van der Waals surface area contributed by atoms with Gasteiger partial charge in [0.25, 0.3) is 0 Å². The Morgan fingerprint density at radius 2 is 1.69 bits per heavy atom. The standard InChI is InChI=1S/C9H7.C2H7OP.2ClH.Ir/c1-2-5-9-7-3-6-8(9)4-1;1-4(2)3;;;/h1-7H;3H,1-2H3;2*1H;/q-1;;;;+3/p-2. The van der Waals surface area contributed by atoms with Crippen LogP contribution in [0, 0.1) is 0 Å². The summed E-state index contributed by atoms with van der Waals surface area (Å²) in [5.74, 6) is 0. The summed E-state index contributed by atoms with van der Waals surface area (Å²) < 4.78 is 0. The molecule has 0 spiro atoms. The van der Waals surface area contributed by atoms with Crippen molar-refractivity contribution in [3.05, 3.63) is 42.5 Å². The van der Waals surface area contributed by atoms with Gasteiger partial charge in [0.2, 0.25) is 0 Å². The summed E-state index contributed by atoms with van der Waals surface area (Å²) in [5.41, 5.74) is 0. The van der Waals surface area contributed by atoms with E-state index >= 15 is 0 Å². The molecule has 92 valence electrons. The van der Waals surface area contributed by atoms with Gasteiger partial charge in [-0.05, 0) is 13.3 Å². The summed E-state index contributed by atoms with van der Waals surface area (Å²) in [4.78, 5) is 8.12. The molecule has 0 amide bonds. The van der Waals surface area contributed by atoms with E-state index in [1.807, 2.05) is 0 Å². The van der Waals surface area contributed by atoms with Crippen LogP contribution in [0.4, 0.5) is 0 Å². The fourth-order valence-corrected chi connectivity index (χ4v) is 1.07. The Kier molecular flexibility index (Phi) is 10.9. The maximum atomic E-state index is 8.12. The Balaban J connectivity index is 0.000000275. The van der Waals surface area contributed by atoms with Gasteiger partial charge in [-0.25, -0.2) is 0 Å². The fourth-order valence-electron chi connectivity index (χ4n) is 1.07. The molecule has 1 nitrogen and oxygen atoms in total. The van der Waals surface area contributed by atoms with Crippen molar-refractivity contribution >= 4 is 38.1 Å². The molecule has 0 fully saturated rings. The molecule has 0 aromatic heterocycles. The Labute approximate surface area is 114 Å². The van der Waals surface area contributed by atoms with Crippen molar-refractivity contribution in [2.24, 2.45) is 0 Å². The molecule has 0 aliphatic heterocycles. The topological polar surface area (TPSA) is 20.2 Å². The van der Waals surface area contributed by atoms with Crippen LogP contribution in [0.3, 0.4) is 0 Å². The minimum Gasteiger partial charge on any atom is -0.168 e. The first kappa shape index (κ1) is 16.4. The van der Waals surface area contributed by atoms with E-state index < -0.39 is 23.8 Å². The molecule has 0 heterocycles. The largest absolute Gasteiger partial charge is 0.168 e. The first-order valence-electron chi connectivity index (χ1n) is 4.42. The molecule has 0 aliphatic rings. The van der Waals surface area contributed by atoms with Crippen molar-refractivity contribution in [1.82, 2.24) is 0 Å². The summed E-state index contributed by atoms with van der Waals surface area (Å²) in [6.07, 6.45) is 0. The average Bonchev–Trinajstić information content (AvgIpc) is 2.65. The van der Waals surface area contributed by atoms with Crippen molar-refractivity contribution in [3.63, 3.8) is 0 Å². The van der Waals surface area contributed by atoms with Gasteiger partial charge in [0.05, 0.1) is 0 Å². The van der Waals surface area contributed by atoms with Crippen LogP contribution in [0.1, 0.15) is 0 Å². The molecule has 0 saturated carbocycles. The first-order valence-corrected chi connectivity index (χ1v) is 12.5. The predicted octanol–water partition coefficient (Wildman–Crippen LogP) is 4.57. The third-order valence-corrected chi connectivity index (χ3v) is 1.55. The van der Waals surface area contributed by atoms with Gasteiger partial charge in [0.1, 0.15) is 0 Å². The van der Waals surface area contributed by atoms with E-state index in [0.29, 0.717) is 0 Å². The average molecular weight is 456 g/mol. The van der Waals surface area contributed by atoms with Gasteiger partial charge in [0.15, 0.2) is 0 Å². The molecule has 2 aromatic carbocycles. The smallest absolute Gasteiger partial charge is 0.0809 e. The molecule has 0 atom stereocenters. The fraction of sp³-hybridized carbons (Fsp3) is 0.182. The van der Waals surface area contributed by atoms with Gasteiger partial charge in [-0.2, -0.15) is 17.5 Å². The molecule has 0 radical (unpaired) electrons. The van der Waals surface area contributed by atoms with Crippen LogP contribution in [0.5, 0.6) is 0 Å². The van der Waals surface area contributed by atoms with Gasteiger partial charge in [-0.15, -0.1) is 29.7 Å². The van der Waals surface area contributed by atoms with Crippen molar-refractivity contribution in [3.8, 4) is 0 Å². The quantitative estimate of drug-likeness (QED) is 0.455. The maximum absolute atomic E-state index is 8.12. The zero-order valence-corrected chi connectivity index (χ0v) is 13.8. The van der Waals surface area contributed by atoms with Gasteiger partial charge in [0, 0.05) is 8.15 Å². The van der Waals surface area contributed by atoms with E-state index in [1.54, 1.807) is 13.3 Å². The minimum absolute atomic E-state index is 0.556. The van der Waals surface area contributed by atoms with Crippen molar-refractivity contribution < 1.29 is 20.6 Å². The van der Waals surface area contributed by atoms with E-state index in [9.17, 15) is 0 Å². The monoisotopic (exact) mass is 456 g/mol. The van der Waals surface area contributed by atoms with E-state index in [0.717, 1.165) is 0 Å². The van der Waals surface area contributed by atoms with Crippen molar-refractivity contribution in [1.29, 1.82) is 0 Å². The Morgan fingerprint density at radius 3 is 2.19 bits per heavy atom. The first-order chi connectivity index (χ1) is 7.61. The van der Waals surface area contributed by atoms with Gasteiger partial charge >= 0.3 is 34.8 Å². The molecule has 1 N–H and O–H groups in total. The van der Waals surface area contributed by atoms with Crippen LogP contribution < -0.4 is 0 Å². The van der Waals surface area contributed by atoms with Crippen LogP contribution in [0.15, 0.2) is 42.5 Å². The molecule has 0 bridgehead atoms. The number of hydrogen-bond acceptors (Lipinski definition) is 1. The third-order valence-electron chi connectivity index (χ3n) is 1.55. The second-order valence-corrected chi connectivity index (χ2v) is 8.20. The van der Waals surface area contributed by atoms with E-state index in [4.69, 9.17) is 24.1 Å². The van der Waals surface area contributed by atoms with Crippen LogP contribution in [-0.4, -0.2) is 18.2 Å². The molecule has 2 rings (SSSR count). The number of rotatable bonds is 0. The summed E-state index contributed by atoms with van der Waals surface area (Å²) in [7, 11) is 9.16. The Bertz CT molecular complexity index is 346. The second-order valence-electron chi connectivity index (χ2n) is 3.05. The number of fused-ring (bicyclic) bond motifs is 1. The second kappa shape index (κ2) is 10.6. The summed E-state index contributed by atoms with van der Waals surface area (Å²) in [6, 6.07) is 14.7. The van der Waals surface area contributed by atoms with Gasteiger partial charge in [-0.3, -0.25) is 0 Å². The maximum Gasteiger partial charge on any atom is -0.0809 e. The zero-order valence-electron chi connectivity index (χ0n) is 9.03. The van der Waals surface area contributed by atoms with Gasteiger partial charge < -0.3 is 4.89 Å². The predicted molar refractivity (Wildman–Crippen MR) is 72.2 cm³/mol. The molecule has 0 aliphatic carbocycles. The summed E-state index contributed by atoms with van der Waals surface area (Å²) in [5, 5.41) is 2.66. The molecule has 2 aromatic rings. The van der Waals surface area contributed by atoms with Crippen LogP contribution in [0.25, 0.3) is 10.8 Å². The Hall–Kier alpha value is 0.449. The molecular formula is C11H14Cl2IrOP.